The first-order valence-corrected chi connectivity index (χ1v) is 9.69. The van der Waals surface area contributed by atoms with Crippen LogP contribution in [0.3, 0.4) is 0 Å². The fourth-order valence-electron chi connectivity index (χ4n) is 4.50. The number of likely N-dealkylation sites (tertiary alicyclic amines) is 2. The highest BCUT2D eigenvalue weighted by atomic mass is 16.2. The van der Waals surface area contributed by atoms with Gasteiger partial charge in [-0.1, -0.05) is 12.2 Å². The van der Waals surface area contributed by atoms with Crippen molar-refractivity contribution in [3.63, 3.8) is 0 Å². The molecule has 1 saturated carbocycles. The van der Waals surface area contributed by atoms with Crippen LogP contribution in [-0.4, -0.2) is 71.8 Å². The molecule has 0 N–H and O–H groups in total. The molecule has 3 heterocycles. The third kappa shape index (κ3) is 3.37. The Labute approximate surface area is 144 Å². The van der Waals surface area contributed by atoms with Gasteiger partial charge in [-0.2, -0.15) is 0 Å². The zero-order valence-electron chi connectivity index (χ0n) is 14.5. The maximum atomic E-state index is 12.7. The van der Waals surface area contributed by atoms with E-state index < -0.39 is 0 Å². The van der Waals surface area contributed by atoms with Gasteiger partial charge in [-0.25, -0.2) is 0 Å². The van der Waals surface area contributed by atoms with Crippen LogP contribution >= 0.6 is 0 Å². The Balaban J connectivity index is 1.28. The molecule has 0 aromatic carbocycles. The molecule has 0 aromatic rings. The third-order valence-corrected chi connectivity index (χ3v) is 6.15. The molecule has 4 rings (SSSR count). The highest BCUT2D eigenvalue weighted by Crippen LogP contribution is 2.32. The van der Waals surface area contributed by atoms with Gasteiger partial charge in [0.1, 0.15) is 0 Å². The van der Waals surface area contributed by atoms with Gasteiger partial charge in [-0.15, -0.1) is 0 Å². The van der Waals surface area contributed by atoms with E-state index in [0.29, 0.717) is 23.8 Å². The summed E-state index contributed by atoms with van der Waals surface area (Å²) in [5, 5.41) is 0. The van der Waals surface area contributed by atoms with Crippen LogP contribution in [0.2, 0.25) is 0 Å². The molecule has 1 aliphatic carbocycles. The van der Waals surface area contributed by atoms with Gasteiger partial charge in [0.05, 0.1) is 5.92 Å². The van der Waals surface area contributed by atoms with Gasteiger partial charge in [0.25, 0.3) is 0 Å². The standard InChI is InChI=1S/C19H29N3O2/c23-18(15-5-6-15)21-12-7-17(8-13-21)22-11-3-4-16(14-22)19(24)20-9-1-2-10-20/h1-2,15-17H,3-14H2/t16-/m0/s1. The van der Waals surface area contributed by atoms with Gasteiger partial charge >= 0.3 is 0 Å². The van der Waals surface area contributed by atoms with Crippen LogP contribution in [0.5, 0.6) is 0 Å². The van der Waals surface area contributed by atoms with Crippen LogP contribution in [0.15, 0.2) is 12.2 Å². The van der Waals surface area contributed by atoms with Crippen molar-refractivity contribution < 1.29 is 9.59 Å². The summed E-state index contributed by atoms with van der Waals surface area (Å²) in [6, 6.07) is 0.556. The molecule has 3 fully saturated rings. The molecule has 0 spiro atoms. The zero-order valence-corrected chi connectivity index (χ0v) is 14.5. The minimum atomic E-state index is 0.171. The Morgan fingerprint density at radius 3 is 2.08 bits per heavy atom. The van der Waals surface area contributed by atoms with E-state index in [2.05, 4.69) is 22.0 Å². The number of hydrogen-bond donors (Lipinski definition) is 0. The summed E-state index contributed by atoms with van der Waals surface area (Å²) in [5.74, 6) is 1.24. The number of carbonyl (C=O) groups is 2. The fraction of sp³-hybridized carbons (Fsp3) is 0.789. The smallest absolute Gasteiger partial charge is 0.227 e. The lowest BCUT2D eigenvalue weighted by atomic mass is 9.93. The predicted octanol–water partition coefficient (Wildman–Crippen LogP) is 1.50. The quantitative estimate of drug-likeness (QED) is 0.736. The Morgan fingerprint density at radius 2 is 1.42 bits per heavy atom. The Bertz CT molecular complexity index is 513. The van der Waals surface area contributed by atoms with Crippen molar-refractivity contribution in [1.29, 1.82) is 0 Å². The maximum absolute atomic E-state index is 12.7. The van der Waals surface area contributed by atoms with Gasteiger partial charge < -0.3 is 9.80 Å². The van der Waals surface area contributed by atoms with E-state index >= 15 is 0 Å². The van der Waals surface area contributed by atoms with Gasteiger partial charge in [0.2, 0.25) is 11.8 Å². The molecule has 0 radical (unpaired) electrons. The summed E-state index contributed by atoms with van der Waals surface area (Å²) in [6.45, 7) is 5.42. The highest BCUT2D eigenvalue weighted by Gasteiger charge is 2.37. The zero-order chi connectivity index (χ0) is 16.5. The summed E-state index contributed by atoms with van der Waals surface area (Å²) in [5.41, 5.74) is 0. The number of nitrogens with zero attached hydrogens (tertiary/aromatic N) is 3. The first-order valence-electron chi connectivity index (χ1n) is 9.69. The number of carbonyl (C=O) groups excluding carboxylic acids is 2. The molecular weight excluding hydrogens is 302 g/mol. The molecule has 3 aliphatic heterocycles. The molecule has 0 unspecified atom stereocenters. The summed E-state index contributed by atoms with van der Waals surface area (Å²) in [7, 11) is 0. The lowest BCUT2D eigenvalue weighted by Gasteiger charge is -2.42. The predicted molar refractivity (Wildman–Crippen MR) is 92.3 cm³/mol. The van der Waals surface area contributed by atoms with Crippen molar-refractivity contribution in [2.24, 2.45) is 11.8 Å². The van der Waals surface area contributed by atoms with Crippen molar-refractivity contribution in [2.45, 2.75) is 44.6 Å². The molecule has 4 aliphatic rings. The Kier molecular flexibility index (Phi) is 4.61. The minimum Gasteiger partial charge on any atom is -0.342 e. The average molecular weight is 331 g/mol. The molecule has 2 amide bonds. The number of rotatable bonds is 3. The second-order valence-corrected chi connectivity index (χ2v) is 7.88. The van der Waals surface area contributed by atoms with Crippen molar-refractivity contribution in [2.75, 3.05) is 39.3 Å². The molecule has 0 aromatic heterocycles. The monoisotopic (exact) mass is 331 g/mol. The second kappa shape index (κ2) is 6.87. The summed E-state index contributed by atoms with van der Waals surface area (Å²) in [6.07, 6.45) is 10.7. The van der Waals surface area contributed by atoms with Crippen molar-refractivity contribution in [3.8, 4) is 0 Å². The summed E-state index contributed by atoms with van der Waals surface area (Å²) < 4.78 is 0. The topological polar surface area (TPSA) is 43.9 Å². The van der Waals surface area contributed by atoms with Crippen molar-refractivity contribution >= 4 is 11.8 Å². The molecular formula is C19H29N3O2. The SMILES string of the molecule is O=C(C1CC1)N1CCC(N2CCC[C@H](C(=O)N3CC=CC3)C2)CC1. The average Bonchev–Trinajstić information content (AvgIpc) is 3.35. The van der Waals surface area contributed by atoms with Crippen LogP contribution in [0.4, 0.5) is 0 Å². The van der Waals surface area contributed by atoms with Crippen LogP contribution in [0.1, 0.15) is 38.5 Å². The van der Waals surface area contributed by atoms with Gasteiger partial charge in [-0.3, -0.25) is 14.5 Å². The molecule has 0 bridgehead atoms. The van der Waals surface area contributed by atoms with E-state index in [1.165, 1.54) is 0 Å². The second-order valence-electron chi connectivity index (χ2n) is 7.88. The maximum Gasteiger partial charge on any atom is 0.227 e. The van der Waals surface area contributed by atoms with E-state index in [4.69, 9.17) is 0 Å². The van der Waals surface area contributed by atoms with Gasteiger partial charge in [0.15, 0.2) is 0 Å². The molecule has 24 heavy (non-hydrogen) atoms. The molecule has 132 valence electrons. The van der Waals surface area contributed by atoms with E-state index in [-0.39, 0.29) is 5.92 Å². The van der Waals surface area contributed by atoms with Crippen molar-refractivity contribution in [1.82, 2.24) is 14.7 Å². The van der Waals surface area contributed by atoms with E-state index in [1.54, 1.807) is 0 Å². The number of hydrogen-bond acceptors (Lipinski definition) is 3. The first-order chi connectivity index (χ1) is 11.7. The number of amides is 2. The third-order valence-electron chi connectivity index (χ3n) is 6.15. The molecule has 1 atom stereocenters. The van der Waals surface area contributed by atoms with E-state index in [0.717, 1.165) is 77.8 Å². The minimum absolute atomic E-state index is 0.171. The summed E-state index contributed by atoms with van der Waals surface area (Å²) >= 11 is 0. The van der Waals surface area contributed by atoms with Crippen LogP contribution < -0.4 is 0 Å². The fourth-order valence-corrected chi connectivity index (χ4v) is 4.50. The van der Waals surface area contributed by atoms with Gasteiger partial charge in [0, 0.05) is 44.7 Å². The first kappa shape index (κ1) is 16.1. The molecule has 2 saturated heterocycles. The Hall–Kier alpha value is -1.36. The Morgan fingerprint density at radius 1 is 0.750 bits per heavy atom. The lowest BCUT2D eigenvalue weighted by Crippen LogP contribution is -2.52. The van der Waals surface area contributed by atoms with Gasteiger partial charge in [-0.05, 0) is 45.1 Å². The largest absolute Gasteiger partial charge is 0.342 e. The normalized spacial score (nSPS) is 29.2. The molecule has 5 heteroatoms. The highest BCUT2D eigenvalue weighted by molar-refractivity contribution is 5.81. The van der Waals surface area contributed by atoms with Crippen LogP contribution in [0.25, 0.3) is 0 Å². The number of piperidine rings is 2. The lowest BCUT2D eigenvalue weighted by molar-refractivity contribution is -0.136. The summed E-state index contributed by atoms with van der Waals surface area (Å²) in [4.78, 5) is 31.4. The molecule has 5 nitrogen and oxygen atoms in total. The van der Waals surface area contributed by atoms with E-state index in [9.17, 15) is 9.59 Å². The van der Waals surface area contributed by atoms with Crippen molar-refractivity contribution in [3.05, 3.63) is 12.2 Å². The van der Waals surface area contributed by atoms with Crippen LogP contribution in [0, 0.1) is 11.8 Å². The van der Waals surface area contributed by atoms with E-state index in [1.807, 2.05) is 4.90 Å². The van der Waals surface area contributed by atoms with Crippen LogP contribution in [-0.2, 0) is 9.59 Å².